The second-order valence-electron chi connectivity index (χ2n) is 7.93. The lowest BCUT2D eigenvalue weighted by Gasteiger charge is -2.39. The molecule has 3 aliphatic rings. The van der Waals surface area contributed by atoms with Crippen LogP contribution in [-0.4, -0.2) is 107 Å². The van der Waals surface area contributed by atoms with Crippen LogP contribution in [0.5, 0.6) is 0 Å². The van der Waals surface area contributed by atoms with Gasteiger partial charge in [-0.1, -0.05) is 0 Å². The Balaban J connectivity index is 0.00000280. The van der Waals surface area contributed by atoms with Gasteiger partial charge < -0.3 is 20.2 Å². The molecule has 0 aromatic rings. The van der Waals surface area contributed by atoms with Crippen molar-refractivity contribution >= 4 is 47.6 Å². The number of hydrogen-bond acceptors (Lipinski definition) is 5. The molecule has 0 spiro atoms. The van der Waals surface area contributed by atoms with Crippen LogP contribution in [0.15, 0.2) is 4.99 Å². The molecule has 2 unspecified atom stereocenters. The van der Waals surface area contributed by atoms with Crippen LogP contribution < -0.4 is 5.32 Å². The van der Waals surface area contributed by atoms with Crippen molar-refractivity contribution in [1.82, 2.24) is 20.0 Å². The highest BCUT2D eigenvalue weighted by molar-refractivity contribution is 14.0. The number of hydrogen-bond donors (Lipinski definition) is 2. The van der Waals surface area contributed by atoms with Gasteiger partial charge in [-0.3, -0.25) is 14.7 Å². The molecule has 7 nitrogen and oxygen atoms in total. The maximum atomic E-state index is 12.7. The van der Waals surface area contributed by atoms with Crippen molar-refractivity contribution in [3.8, 4) is 0 Å². The minimum absolute atomic E-state index is 0. The Morgan fingerprint density at radius 1 is 1.18 bits per heavy atom. The quantitative estimate of drug-likeness (QED) is 0.318. The first-order valence-corrected chi connectivity index (χ1v) is 11.5. The standard InChI is InChI=1S/C19H35N5O2S.HI/c1-3-20-18(21-14-19(26)6-13-27-15-19)24-11-9-22(10-12-24)16(2)17(25)23-7-4-5-8-23;/h16,26H,3-15H2,1-2H3,(H,20,21);1H. The molecule has 3 saturated heterocycles. The van der Waals surface area contributed by atoms with Crippen molar-refractivity contribution in [2.45, 2.75) is 44.8 Å². The zero-order valence-corrected chi connectivity index (χ0v) is 20.4. The second kappa shape index (κ2) is 11.2. The number of nitrogens with zero attached hydrogens (tertiary/aromatic N) is 4. The van der Waals surface area contributed by atoms with Crippen LogP contribution in [0.2, 0.25) is 0 Å². The predicted molar refractivity (Wildman–Crippen MR) is 127 cm³/mol. The summed E-state index contributed by atoms with van der Waals surface area (Å²) in [5.74, 6) is 2.97. The summed E-state index contributed by atoms with van der Waals surface area (Å²) >= 11 is 1.80. The molecule has 0 aliphatic carbocycles. The van der Waals surface area contributed by atoms with E-state index in [1.165, 1.54) is 0 Å². The molecule has 2 atom stereocenters. The first-order chi connectivity index (χ1) is 13.0. The number of rotatable bonds is 5. The Labute approximate surface area is 190 Å². The molecule has 162 valence electrons. The van der Waals surface area contributed by atoms with Gasteiger partial charge >= 0.3 is 0 Å². The Hall–Kier alpha value is -0.260. The Kier molecular flexibility index (Phi) is 9.62. The van der Waals surface area contributed by atoms with Gasteiger partial charge in [-0.2, -0.15) is 11.8 Å². The molecule has 0 bridgehead atoms. The van der Waals surface area contributed by atoms with Gasteiger partial charge in [-0.25, -0.2) is 0 Å². The largest absolute Gasteiger partial charge is 0.387 e. The number of piperazine rings is 1. The molecule has 3 fully saturated rings. The first kappa shape index (κ1) is 24.0. The van der Waals surface area contributed by atoms with Crippen molar-refractivity contribution in [2.75, 3.05) is 63.9 Å². The van der Waals surface area contributed by atoms with Crippen LogP contribution in [0.3, 0.4) is 0 Å². The predicted octanol–water partition coefficient (Wildman–Crippen LogP) is 1.07. The minimum Gasteiger partial charge on any atom is -0.387 e. The summed E-state index contributed by atoms with van der Waals surface area (Å²) in [6, 6.07) is -0.0407. The Morgan fingerprint density at radius 3 is 2.43 bits per heavy atom. The summed E-state index contributed by atoms with van der Waals surface area (Å²) in [5.41, 5.74) is -0.649. The van der Waals surface area contributed by atoms with Gasteiger partial charge in [0, 0.05) is 51.6 Å². The van der Waals surface area contributed by atoms with E-state index in [1.807, 2.05) is 11.8 Å². The van der Waals surface area contributed by atoms with Crippen LogP contribution in [0, 0.1) is 0 Å². The molecule has 1 amide bonds. The summed E-state index contributed by atoms with van der Waals surface area (Å²) in [5, 5.41) is 13.9. The molecule has 0 saturated carbocycles. The highest BCUT2D eigenvalue weighted by Crippen LogP contribution is 2.28. The smallest absolute Gasteiger partial charge is 0.239 e. The lowest BCUT2D eigenvalue weighted by atomic mass is 10.0. The van der Waals surface area contributed by atoms with Gasteiger partial charge in [0.1, 0.15) is 0 Å². The van der Waals surface area contributed by atoms with Crippen LogP contribution in [0.1, 0.15) is 33.1 Å². The fraction of sp³-hybridized carbons (Fsp3) is 0.895. The summed E-state index contributed by atoms with van der Waals surface area (Å²) in [7, 11) is 0. The number of likely N-dealkylation sites (tertiary alicyclic amines) is 1. The number of aliphatic imine (C=N–C) groups is 1. The molecule has 3 heterocycles. The van der Waals surface area contributed by atoms with Crippen molar-refractivity contribution in [1.29, 1.82) is 0 Å². The lowest BCUT2D eigenvalue weighted by Crippen LogP contribution is -2.57. The van der Waals surface area contributed by atoms with E-state index in [1.54, 1.807) is 11.8 Å². The Morgan fingerprint density at radius 2 is 1.86 bits per heavy atom. The fourth-order valence-electron chi connectivity index (χ4n) is 4.05. The van der Waals surface area contributed by atoms with Crippen LogP contribution in [-0.2, 0) is 4.79 Å². The van der Waals surface area contributed by atoms with E-state index in [2.05, 4.69) is 22.0 Å². The number of carbonyl (C=O) groups is 1. The van der Waals surface area contributed by atoms with E-state index < -0.39 is 5.60 Å². The molecule has 0 radical (unpaired) electrons. The summed E-state index contributed by atoms with van der Waals surface area (Å²) in [6.07, 6.45) is 3.10. The van der Waals surface area contributed by atoms with E-state index in [9.17, 15) is 9.90 Å². The van der Waals surface area contributed by atoms with E-state index in [-0.39, 0.29) is 35.9 Å². The molecular formula is C19H36IN5O2S. The van der Waals surface area contributed by atoms with Gasteiger partial charge in [0.05, 0.1) is 18.2 Å². The SMILES string of the molecule is CCNC(=NCC1(O)CCSC1)N1CCN(C(C)C(=O)N2CCCC2)CC1.I. The maximum absolute atomic E-state index is 12.7. The number of nitrogens with one attached hydrogen (secondary N) is 1. The molecule has 28 heavy (non-hydrogen) atoms. The third-order valence-electron chi connectivity index (χ3n) is 5.88. The first-order valence-electron chi connectivity index (χ1n) is 10.4. The maximum Gasteiger partial charge on any atom is 0.239 e. The summed E-state index contributed by atoms with van der Waals surface area (Å²) in [4.78, 5) is 24.0. The van der Waals surface area contributed by atoms with Gasteiger partial charge in [0.15, 0.2) is 5.96 Å². The average Bonchev–Trinajstić information content (AvgIpc) is 3.36. The molecule has 0 aromatic heterocycles. The topological polar surface area (TPSA) is 71.4 Å². The third-order valence-corrected chi connectivity index (χ3v) is 7.11. The van der Waals surface area contributed by atoms with E-state index in [0.717, 1.165) is 82.5 Å². The third kappa shape index (κ3) is 6.12. The minimum atomic E-state index is -0.649. The van der Waals surface area contributed by atoms with E-state index in [0.29, 0.717) is 6.54 Å². The monoisotopic (exact) mass is 525 g/mol. The second-order valence-corrected chi connectivity index (χ2v) is 9.03. The normalized spacial score (nSPS) is 27.6. The Bertz CT molecular complexity index is 530. The van der Waals surface area contributed by atoms with Gasteiger partial charge in [-0.15, -0.1) is 24.0 Å². The zero-order chi connectivity index (χ0) is 19.3. The average molecular weight is 526 g/mol. The fourth-order valence-corrected chi connectivity index (χ4v) is 5.33. The molecule has 3 aliphatic heterocycles. The number of carbonyl (C=O) groups excluding carboxylic acids is 1. The lowest BCUT2D eigenvalue weighted by molar-refractivity contribution is -0.135. The molecule has 9 heteroatoms. The number of guanidine groups is 1. The van der Waals surface area contributed by atoms with Gasteiger partial charge in [0.25, 0.3) is 0 Å². The van der Waals surface area contributed by atoms with Crippen LogP contribution in [0.25, 0.3) is 0 Å². The van der Waals surface area contributed by atoms with Crippen molar-refractivity contribution in [3.63, 3.8) is 0 Å². The van der Waals surface area contributed by atoms with Crippen LogP contribution >= 0.6 is 35.7 Å². The zero-order valence-electron chi connectivity index (χ0n) is 17.2. The van der Waals surface area contributed by atoms with E-state index >= 15 is 0 Å². The molecule has 2 N–H and O–H groups in total. The number of amides is 1. The number of aliphatic hydroxyl groups is 1. The summed E-state index contributed by atoms with van der Waals surface area (Å²) < 4.78 is 0. The molecule has 0 aromatic carbocycles. The highest BCUT2D eigenvalue weighted by atomic mass is 127. The summed E-state index contributed by atoms with van der Waals surface area (Å²) in [6.45, 7) is 10.7. The molecule has 3 rings (SSSR count). The van der Waals surface area contributed by atoms with Crippen molar-refractivity contribution in [2.24, 2.45) is 4.99 Å². The number of halogens is 1. The molecular weight excluding hydrogens is 489 g/mol. The number of thioether (sulfide) groups is 1. The van der Waals surface area contributed by atoms with Gasteiger partial charge in [0.2, 0.25) is 5.91 Å². The highest BCUT2D eigenvalue weighted by Gasteiger charge is 2.33. The van der Waals surface area contributed by atoms with E-state index in [4.69, 9.17) is 4.99 Å². The van der Waals surface area contributed by atoms with Gasteiger partial charge in [-0.05, 0) is 38.9 Å². The van der Waals surface area contributed by atoms with Crippen molar-refractivity contribution < 1.29 is 9.90 Å². The van der Waals surface area contributed by atoms with Crippen LogP contribution in [0.4, 0.5) is 0 Å². The van der Waals surface area contributed by atoms with Crippen molar-refractivity contribution in [3.05, 3.63) is 0 Å².